The highest BCUT2D eigenvalue weighted by Gasteiger charge is 2.36. The summed E-state index contributed by atoms with van der Waals surface area (Å²) in [4.78, 5) is 40.1. The van der Waals surface area contributed by atoms with E-state index in [4.69, 9.17) is 4.74 Å². The number of carbonyl (C=O) groups is 3. The Hall–Kier alpha value is -3.42. The lowest BCUT2D eigenvalue weighted by atomic mass is 10.1. The lowest BCUT2D eigenvalue weighted by molar-refractivity contribution is -0.122. The molecule has 8 heteroatoms. The number of benzene rings is 2. The zero-order valence-electron chi connectivity index (χ0n) is 18.7. The fourth-order valence-corrected chi connectivity index (χ4v) is 3.46. The van der Waals surface area contributed by atoms with E-state index in [9.17, 15) is 18.8 Å². The van der Waals surface area contributed by atoms with Crippen LogP contribution in [0.25, 0.3) is 0 Å². The Labute approximate surface area is 187 Å². The zero-order chi connectivity index (χ0) is 23.5. The van der Waals surface area contributed by atoms with Gasteiger partial charge < -0.3 is 19.9 Å². The zero-order valence-corrected chi connectivity index (χ0v) is 18.7. The van der Waals surface area contributed by atoms with Gasteiger partial charge in [-0.2, -0.15) is 0 Å². The smallest absolute Gasteiger partial charge is 0.410 e. The molecule has 1 N–H and O–H groups in total. The molecule has 170 valence electrons. The van der Waals surface area contributed by atoms with E-state index in [2.05, 4.69) is 5.32 Å². The first-order valence-electron chi connectivity index (χ1n) is 10.4. The second kappa shape index (κ2) is 9.38. The number of para-hydroxylation sites is 1. The summed E-state index contributed by atoms with van der Waals surface area (Å²) in [7, 11) is 1.64. The van der Waals surface area contributed by atoms with Crippen molar-refractivity contribution in [3.8, 4) is 0 Å². The van der Waals surface area contributed by atoms with Gasteiger partial charge >= 0.3 is 6.09 Å². The first-order chi connectivity index (χ1) is 15.0. The van der Waals surface area contributed by atoms with E-state index in [-0.39, 0.29) is 30.5 Å². The molecule has 0 saturated carbocycles. The molecule has 2 aromatic carbocycles. The molecule has 7 nitrogen and oxygen atoms in total. The quantitative estimate of drug-likeness (QED) is 0.755. The molecule has 0 bridgehead atoms. The molecule has 0 radical (unpaired) electrons. The first kappa shape index (κ1) is 23.2. The van der Waals surface area contributed by atoms with Crippen molar-refractivity contribution in [3.05, 3.63) is 59.9 Å². The molecule has 32 heavy (non-hydrogen) atoms. The summed E-state index contributed by atoms with van der Waals surface area (Å²) in [5, 5.41) is 2.83. The summed E-state index contributed by atoms with van der Waals surface area (Å²) in [6.07, 6.45) is -0.425. The molecule has 1 saturated heterocycles. The third kappa shape index (κ3) is 5.84. The summed E-state index contributed by atoms with van der Waals surface area (Å²) >= 11 is 0. The SMILES string of the molecule is CN(Cc1cccc(NC(=O)C2CC(=O)N(c3ccccc3F)C2)c1)C(=O)OC(C)(C)C. The van der Waals surface area contributed by atoms with Gasteiger partial charge in [0.25, 0.3) is 0 Å². The second-order valence-corrected chi connectivity index (χ2v) is 8.88. The summed E-state index contributed by atoms with van der Waals surface area (Å²) in [6, 6.07) is 13.1. The van der Waals surface area contributed by atoms with Gasteiger partial charge in [0.2, 0.25) is 11.8 Å². The third-order valence-electron chi connectivity index (χ3n) is 4.96. The van der Waals surface area contributed by atoms with Crippen LogP contribution in [0.15, 0.2) is 48.5 Å². The first-order valence-corrected chi connectivity index (χ1v) is 10.4. The van der Waals surface area contributed by atoms with Crippen LogP contribution < -0.4 is 10.2 Å². The van der Waals surface area contributed by atoms with Gasteiger partial charge in [-0.05, 0) is 50.6 Å². The van der Waals surface area contributed by atoms with Crippen molar-refractivity contribution in [1.82, 2.24) is 4.90 Å². The molecule has 0 aliphatic carbocycles. The highest BCUT2D eigenvalue weighted by molar-refractivity contribution is 6.03. The maximum absolute atomic E-state index is 14.1. The van der Waals surface area contributed by atoms with E-state index < -0.39 is 23.4 Å². The number of hydrogen-bond donors (Lipinski definition) is 1. The van der Waals surface area contributed by atoms with Gasteiger partial charge in [0.1, 0.15) is 11.4 Å². The van der Waals surface area contributed by atoms with Crippen molar-refractivity contribution in [2.45, 2.75) is 39.3 Å². The molecule has 1 heterocycles. The normalized spacial score (nSPS) is 16.1. The van der Waals surface area contributed by atoms with Gasteiger partial charge in [0.15, 0.2) is 0 Å². The number of amides is 3. The summed E-state index contributed by atoms with van der Waals surface area (Å²) in [6.45, 7) is 5.83. The number of nitrogens with zero attached hydrogens (tertiary/aromatic N) is 2. The van der Waals surface area contributed by atoms with Gasteiger partial charge in [0.05, 0.1) is 11.6 Å². The molecule has 1 fully saturated rings. The van der Waals surface area contributed by atoms with E-state index in [1.165, 1.54) is 21.9 Å². The third-order valence-corrected chi connectivity index (χ3v) is 4.96. The van der Waals surface area contributed by atoms with Crippen molar-refractivity contribution < 1.29 is 23.5 Å². The van der Waals surface area contributed by atoms with E-state index in [1.807, 2.05) is 6.07 Å². The highest BCUT2D eigenvalue weighted by Crippen LogP contribution is 2.28. The lowest BCUT2D eigenvalue weighted by Crippen LogP contribution is -2.33. The molecular weight excluding hydrogens is 413 g/mol. The van der Waals surface area contributed by atoms with Crippen molar-refractivity contribution >= 4 is 29.3 Å². The number of ether oxygens (including phenoxy) is 1. The van der Waals surface area contributed by atoms with Crippen LogP contribution in [0.3, 0.4) is 0 Å². The van der Waals surface area contributed by atoms with E-state index in [1.54, 1.807) is 58.2 Å². The molecule has 2 aromatic rings. The number of halogens is 1. The number of anilines is 2. The molecule has 0 aromatic heterocycles. The molecule has 1 unspecified atom stereocenters. The van der Waals surface area contributed by atoms with Gasteiger partial charge in [-0.25, -0.2) is 9.18 Å². The Morgan fingerprint density at radius 1 is 1.19 bits per heavy atom. The fourth-order valence-electron chi connectivity index (χ4n) is 3.46. The second-order valence-electron chi connectivity index (χ2n) is 8.88. The minimum absolute atomic E-state index is 0.0151. The predicted octanol–water partition coefficient (Wildman–Crippen LogP) is 4.18. The molecule has 1 aliphatic heterocycles. The van der Waals surface area contributed by atoms with Crippen LogP contribution in [0.5, 0.6) is 0 Å². The van der Waals surface area contributed by atoms with Gasteiger partial charge in [0, 0.05) is 32.2 Å². The maximum Gasteiger partial charge on any atom is 0.410 e. The number of rotatable bonds is 5. The van der Waals surface area contributed by atoms with Crippen LogP contribution in [-0.4, -0.2) is 42.0 Å². The average Bonchev–Trinajstić information content (AvgIpc) is 3.09. The van der Waals surface area contributed by atoms with Crippen LogP contribution in [0.2, 0.25) is 0 Å². The van der Waals surface area contributed by atoms with Crippen LogP contribution in [0, 0.1) is 11.7 Å². The summed E-state index contributed by atoms with van der Waals surface area (Å²) in [5.74, 6) is -1.68. The molecule has 3 amide bonds. The fraction of sp³-hybridized carbons (Fsp3) is 0.375. The Morgan fingerprint density at radius 3 is 2.59 bits per heavy atom. The van der Waals surface area contributed by atoms with Crippen LogP contribution in [-0.2, 0) is 20.9 Å². The predicted molar refractivity (Wildman–Crippen MR) is 120 cm³/mol. The topological polar surface area (TPSA) is 79.0 Å². The largest absolute Gasteiger partial charge is 0.444 e. The average molecular weight is 442 g/mol. The van der Waals surface area contributed by atoms with Crippen molar-refractivity contribution in [2.75, 3.05) is 23.8 Å². The molecule has 0 spiro atoms. The molecule has 3 rings (SSSR count). The van der Waals surface area contributed by atoms with Crippen molar-refractivity contribution in [2.24, 2.45) is 5.92 Å². The maximum atomic E-state index is 14.1. The minimum Gasteiger partial charge on any atom is -0.444 e. The monoisotopic (exact) mass is 441 g/mol. The number of nitrogens with one attached hydrogen (secondary N) is 1. The van der Waals surface area contributed by atoms with Crippen LogP contribution in [0.4, 0.5) is 20.6 Å². The lowest BCUT2D eigenvalue weighted by Gasteiger charge is -2.24. The van der Waals surface area contributed by atoms with Gasteiger partial charge in [-0.3, -0.25) is 9.59 Å². The summed E-state index contributed by atoms with van der Waals surface area (Å²) < 4.78 is 19.4. The van der Waals surface area contributed by atoms with Crippen LogP contribution >= 0.6 is 0 Å². The van der Waals surface area contributed by atoms with E-state index in [0.717, 1.165) is 5.56 Å². The van der Waals surface area contributed by atoms with Crippen molar-refractivity contribution in [1.29, 1.82) is 0 Å². The molecular formula is C24H28FN3O4. The Balaban J connectivity index is 1.62. The van der Waals surface area contributed by atoms with E-state index >= 15 is 0 Å². The standard InChI is InChI=1S/C24H28FN3O4/c1-24(2,3)32-23(31)27(4)14-16-8-7-9-18(12-16)26-22(30)17-13-21(29)28(15-17)20-11-6-5-10-19(20)25/h5-12,17H,13-15H2,1-4H3,(H,26,30). The number of carbonyl (C=O) groups excluding carboxylic acids is 3. The minimum atomic E-state index is -0.588. The summed E-state index contributed by atoms with van der Waals surface area (Å²) in [5.41, 5.74) is 0.963. The van der Waals surface area contributed by atoms with Gasteiger partial charge in [-0.15, -0.1) is 0 Å². The molecule has 1 atom stereocenters. The molecule has 1 aliphatic rings. The van der Waals surface area contributed by atoms with Crippen molar-refractivity contribution in [3.63, 3.8) is 0 Å². The highest BCUT2D eigenvalue weighted by atomic mass is 19.1. The van der Waals surface area contributed by atoms with Crippen LogP contribution in [0.1, 0.15) is 32.8 Å². The van der Waals surface area contributed by atoms with Gasteiger partial charge in [-0.1, -0.05) is 24.3 Å². The Bertz CT molecular complexity index is 1020. The Morgan fingerprint density at radius 2 is 1.91 bits per heavy atom. The Kier molecular flexibility index (Phi) is 6.81. The number of hydrogen-bond acceptors (Lipinski definition) is 4. The van der Waals surface area contributed by atoms with E-state index in [0.29, 0.717) is 12.2 Å².